The maximum absolute atomic E-state index is 14.0. The highest BCUT2D eigenvalue weighted by Crippen LogP contribution is 2.34. The Labute approximate surface area is 127 Å². The van der Waals surface area contributed by atoms with Crippen molar-refractivity contribution in [2.24, 2.45) is 0 Å². The first-order valence-electron chi connectivity index (χ1n) is 5.24. The van der Waals surface area contributed by atoms with E-state index in [4.69, 9.17) is 17.3 Å². The second-order valence-corrected chi connectivity index (χ2v) is 6.74. The summed E-state index contributed by atoms with van der Waals surface area (Å²) < 4.78 is 40.4. The Kier molecular flexibility index (Phi) is 4.33. The van der Waals surface area contributed by atoms with Gasteiger partial charge in [-0.25, -0.2) is 17.5 Å². The number of nitrogens with one attached hydrogen (secondary N) is 2. The van der Waals surface area contributed by atoms with E-state index in [0.717, 1.165) is 6.07 Å². The van der Waals surface area contributed by atoms with E-state index in [9.17, 15) is 12.8 Å². The summed E-state index contributed by atoms with van der Waals surface area (Å²) in [6.07, 6.45) is 1.47. The fourth-order valence-electron chi connectivity index (χ4n) is 1.43. The summed E-state index contributed by atoms with van der Waals surface area (Å²) >= 11 is 8.77. The minimum atomic E-state index is -4.09. The fraction of sp³-hybridized carbons (Fsp3) is 0.100. The smallest absolute Gasteiger partial charge is 0.243 e. The van der Waals surface area contributed by atoms with Crippen LogP contribution in [0, 0.1) is 5.82 Å². The molecule has 4 N–H and O–H groups in total. The first-order chi connectivity index (χ1) is 9.33. The van der Waals surface area contributed by atoms with Crippen LogP contribution in [-0.2, 0) is 16.6 Å². The van der Waals surface area contributed by atoms with Crippen molar-refractivity contribution in [2.45, 2.75) is 11.4 Å². The van der Waals surface area contributed by atoms with Crippen molar-refractivity contribution in [1.29, 1.82) is 0 Å². The SMILES string of the molecule is Nc1c(F)c(S(=O)(=O)NCc2ccn[nH]2)cc(Cl)c1Br. The molecule has 108 valence electrons. The number of halogens is 3. The normalized spacial score (nSPS) is 11.8. The van der Waals surface area contributed by atoms with Crippen LogP contribution < -0.4 is 10.5 Å². The summed E-state index contributed by atoms with van der Waals surface area (Å²) in [4.78, 5) is -0.609. The molecule has 0 fully saturated rings. The molecule has 2 aromatic rings. The molecule has 0 aliphatic rings. The molecule has 1 aromatic carbocycles. The number of anilines is 1. The summed E-state index contributed by atoms with van der Waals surface area (Å²) in [7, 11) is -4.09. The van der Waals surface area contributed by atoms with E-state index >= 15 is 0 Å². The highest BCUT2D eigenvalue weighted by Gasteiger charge is 2.24. The van der Waals surface area contributed by atoms with Crippen molar-refractivity contribution in [3.63, 3.8) is 0 Å². The Balaban J connectivity index is 2.35. The lowest BCUT2D eigenvalue weighted by molar-refractivity contribution is 0.557. The first-order valence-corrected chi connectivity index (χ1v) is 7.89. The third-order valence-corrected chi connectivity index (χ3v) is 5.24. The Bertz CT molecular complexity index is 736. The molecule has 0 bridgehead atoms. The standard InChI is InChI=1S/C10H9BrClFN4O2S/c11-8-6(12)3-7(9(13)10(8)14)20(18,19)16-4-5-1-2-15-17-5/h1-3,16H,4,14H2,(H,15,17). The average Bonchev–Trinajstić information content (AvgIpc) is 2.91. The molecule has 10 heteroatoms. The average molecular weight is 384 g/mol. The fourth-order valence-corrected chi connectivity index (χ4v) is 3.11. The van der Waals surface area contributed by atoms with Gasteiger partial charge in [0.05, 0.1) is 27.4 Å². The van der Waals surface area contributed by atoms with E-state index in [-0.39, 0.29) is 21.7 Å². The summed E-state index contributed by atoms with van der Waals surface area (Å²) in [6, 6.07) is 2.58. The Morgan fingerprint density at radius 2 is 2.25 bits per heavy atom. The summed E-state index contributed by atoms with van der Waals surface area (Å²) in [6.45, 7) is -0.0602. The number of rotatable bonds is 4. The van der Waals surface area contributed by atoms with Gasteiger partial charge in [-0.3, -0.25) is 5.10 Å². The number of nitrogens with two attached hydrogens (primary N) is 1. The van der Waals surface area contributed by atoms with E-state index in [0.29, 0.717) is 5.69 Å². The van der Waals surface area contributed by atoms with Crippen LogP contribution in [0.3, 0.4) is 0 Å². The van der Waals surface area contributed by atoms with Crippen molar-refractivity contribution < 1.29 is 12.8 Å². The number of aromatic nitrogens is 2. The Morgan fingerprint density at radius 3 is 2.85 bits per heavy atom. The van der Waals surface area contributed by atoms with Crippen LogP contribution in [-0.4, -0.2) is 18.6 Å². The largest absolute Gasteiger partial charge is 0.395 e. The molecule has 6 nitrogen and oxygen atoms in total. The second kappa shape index (κ2) is 5.68. The molecule has 0 atom stereocenters. The van der Waals surface area contributed by atoms with Crippen molar-refractivity contribution in [3.05, 3.63) is 39.3 Å². The van der Waals surface area contributed by atoms with Crippen LogP contribution >= 0.6 is 27.5 Å². The minimum absolute atomic E-state index is 0.00538. The molecule has 0 amide bonds. The number of nitrogen functional groups attached to an aromatic ring is 1. The van der Waals surface area contributed by atoms with Crippen molar-refractivity contribution >= 4 is 43.2 Å². The van der Waals surface area contributed by atoms with Crippen LogP contribution in [0.4, 0.5) is 10.1 Å². The number of hydrogen-bond acceptors (Lipinski definition) is 4. The van der Waals surface area contributed by atoms with E-state index in [1.165, 1.54) is 6.20 Å². The van der Waals surface area contributed by atoms with Gasteiger partial charge in [0, 0.05) is 6.20 Å². The maximum Gasteiger partial charge on any atom is 0.243 e. The summed E-state index contributed by atoms with van der Waals surface area (Å²) in [5.41, 5.74) is 5.63. The molecule has 0 saturated heterocycles. The van der Waals surface area contributed by atoms with Gasteiger partial charge in [0.25, 0.3) is 0 Å². The number of sulfonamides is 1. The summed E-state index contributed by atoms with van der Waals surface area (Å²) in [5.74, 6) is -1.06. The zero-order chi connectivity index (χ0) is 14.9. The zero-order valence-corrected chi connectivity index (χ0v) is 13.0. The number of H-pyrrole nitrogens is 1. The lowest BCUT2D eigenvalue weighted by Crippen LogP contribution is -2.24. The molecule has 2 rings (SSSR count). The molecule has 20 heavy (non-hydrogen) atoms. The predicted molar refractivity (Wildman–Crippen MR) is 76.1 cm³/mol. The second-order valence-electron chi connectivity index (χ2n) is 3.80. The van der Waals surface area contributed by atoms with Gasteiger partial charge in [-0.2, -0.15) is 5.10 Å². The van der Waals surface area contributed by atoms with E-state index in [1.54, 1.807) is 6.07 Å². The molecule has 1 heterocycles. The van der Waals surface area contributed by atoms with Gasteiger partial charge in [-0.05, 0) is 28.1 Å². The number of hydrogen-bond donors (Lipinski definition) is 3. The molecule has 0 spiro atoms. The summed E-state index contributed by atoms with van der Waals surface area (Å²) in [5, 5.41) is 6.26. The van der Waals surface area contributed by atoms with E-state index in [2.05, 4.69) is 30.8 Å². The highest BCUT2D eigenvalue weighted by atomic mass is 79.9. The van der Waals surface area contributed by atoms with Gasteiger partial charge in [0.1, 0.15) is 4.90 Å². The van der Waals surface area contributed by atoms with Crippen molar-refractivity contribution in [2.75, 3.05) is 5.73 Å². The van der Waals surface area contributed by atoms with Gasteiger partial charge in [-0.1, -0.05) is 11.6 Å². The third-order valence-electron chi connectivity index (χ3n) is 2.46. The van der Waals surface area contributed by atoms with Crippen LogP contribution in [0.1, 0.15) is 5.69 Å². The van der Waals surface area contributed by atoms with Crippen LogP contribution in [0.2, 0.25) is 5.02 Å². The van der Waals surface area contributed by atoms with E-state index < -0.39 is 20.7 Å². The van der Waals surface area contributed by atoms with Gasteiger partial charge in [-0.15, -0.1) is 0 Å². The monoisotopic (exact) mass is 382 g/mol. The molecule has 1 aromatic heterocycles. The molecular weight excluding hydrogens is 375 g/mol. The third kappa shape index (κ3) is 2.95. The molecule has 0 aliphatic heterocycles. The molecule has 0 saturated carbocycles. The lowest BCUT2D eigenvalue weighted by Gasteiger charge is -2.10. The van der Waals surface area contributed by atoms with Gasteiger partial charge < -0.3 is 5.73 Å². The van der Waals surface area contributed by atoms with Crippen LogP contribution in [0.15, 0.2) is 27.7 Å². The predicted octanol–water partition coefficient (Wildman–Crippen LogP) is 2.03. The zero-order valence-electron chi connectivity index (χ0n) is 9.82. The lowest BCUT2D eigenvalue weighted by atomic mass is 10.3. The van der Waals surface area contributed by atoms with Crippen molar-refractivity contribution in [1.82, 2.24) is 14.9 Å². The molecule has 0 radical (unpaired) electrons. The number of aromatic amines is 1. The highest BCUT2D eigenvalue weighted by molar-refractivity contribution is 9.10. The molecule has 0 unspecified atom stereocenters. The Morgan fingerprint density at radius 1 is 1.55 bits per heavy atom. The minimum Gasteiger partial charge on any atom is -0.395 e. The molecular formula is C10H9BrClFN4O2S. The number of benzene rings is 1. The Hall–Kier alpha value is -1.16. The maximum atomic E-state index is 14.0. The van der Waals surface area contributed by atoms with Crippen LogP contribution in [0.5, 0.6) is 0 Å². The first kappa shape index (κ1) is 15.2. The van der Waals surface area contributed by atoms with Gasteiger partial charge in [0.15, 0.2) is 5.82 Å². The van der Waals surface area contributed by atoms with Crippen molar-refractivity contribution in [3.8, 4) is 0 Å². The van der Waals surface area contributed by atoms with E-state index in [1.807, 2.05) is 0 Å². The van der Waals surface area contributed by atoms with Gasteiger partial charge in [0.2, 0.25) is 10.0 Å². The topological polar surface area (TPSA) is 101 Å². The van der Waals surface area contributed by atoms with Gasteiger partial charge >= 0.3 is 0 Å². The van der Waals surface area contributed by atoms with Crippen LogP contribution in [0.25, 0.3) is 0 Å². The molecule has 0 aliphatic carbocycles. The number of nitrogens with zero attached hydrogens (tertiary/aromatic N) is 1. The quantitative estimate of drug-likeness (QED) is 0.555.